The van der Waals surface area contributed by atoms with Crippen molar-refractivity contribution in [2.75, 3.05) is 26.0 Å². The van der Waals surface area contributed by atoms with Crippen LogP contribution in [-0.2, 0) is 0 Å². The molecule has 2 aliphatic carbocycles. The third-order valence-electron chi connectivity index (χ3n) is 5.34. The van der Waals surface area contributed by atoms with Gasteiger partial charge in [-0.2, -0.15) is 0 Å². The molecular formula is C24H24FN3. The van der Waals surface area contributed by atoms with E-state index in [4.69, 9.17) is 0 Å². The lowest BCUT2D eigenvalue weighted by molar-refractivity contribution is 0.628. The number of rotatable bonds is 4. The van der Waals surface area contributed by atoms with Crippen LogP contribution in [0, 0.1) is 17.7 Å². The molecule has 1 aromatic carbocycles. The van der Waals surface area contributed by atoms with Crippen LogP contribution < -0.4 is 4.90 Å². The third-order valence-corrected chi connectivity index (χ3v) is 5.34. The van der Waals surface area contributed by atoms with Gasteiger partial charge in [-0.3, -0.25) is 4.99 Å². The van der Waals surface area contributed by atoms with Gasteiger partial charge < -0.3 is 4.90 Å². The van der Waals surface area contributed by atoms with Crippen molar-refractivity contribution < 1.29 is 4.39 Å². The number of hydrogen-bond donors (Lipinski definition) is 0. The van der Waals surface area contributed by atoms with E-state index < -0.39 is 0 Å². The summed E-state index contributed by atoms with van der Waals surface area (Å²) in [4.78, 5) is 11.1. The highest BCUT2D eigenvalue weighted by Crippen LogP contribution is 2.49. The zero-order valence-corrected chi connectivity index (χ0v) is 16.4. The first kappa shape index (κ1) is 18.4. The number of aliphatic imine (C=N–C) groups is 1. The zero-order valence-electron chi connectivity index (χ0n) is 16.4. The number of aromatic nitrogens is 1. The van der Waals surface area contributed by atoms with Crippen LogP contribution in [0.5, 0.6) is 0 Å². The molecule has 0 saturated heterocycles. The van der Waals surface area contributed by atoms with Gasteiger partial charge in [0.1, 0.15) is 11.6 Å². The number of allylic oxidation sites excluding steroid dienone is 6. The van der Waals surface area contributed by atoms with Crippen molar-refractivity contribution in [3.8, 4) is 0 Å². The minimum absolute atomic E-state index is 0.243. The highest BCUT2D eigenvalue weighted by Gasteiger charge is 2.39. The lowest BCUT2D eigenvalue weighted by atomic mass is 9.89. The van der Waals surface area contributed by atoms with E-state index in [1.165, 1.54) is 17.7 Å². The molecule has 1 saturated carbocycles. The number of nitrogens with zero attached hydrogens (tertiary/aromatic N) is 3. The summed E-state index contributed by atoms with van der Waals surface area (Å²) in [6, 6.07) is 10.7. The highest BCUT2D eigenvalue weighted by atomic mass is 19.1. The lowest BCUT2D eigenvalue weighted by Crippen LogP contribution is -2.13. The maximum absolute atomic E-state index is 13.5. The summed E-state index contributed by atoms with van der Waals surface area (Å²) in [5.74, 6) is 1.74. The molecule has 2 unspecified atom stereocenters. The van der Waals surface area contributed by atoms with Crippen LogP contribution >= 0.6 is 0 Å². The number of benzene rings is 1. The Morgan fingerprint density at radius 2 is 1.89 bits per heavy atom. The highest BCUT2D eigenvalue weighted by molar-refractivity contribution is 6.33. The van der Waals surface area contributed by atoms with Gasteiger partial charge in [0.15, 0.2) is 0 Å². The third kappa shape index (κ3) is 3.55. The number of hydrogen-bond acceptors (Lipinski definition) is 3. The largest absolute Gasteiger partial charge is 0.363 e. The maximum Gasteiger partial charge on any atom is 0.128 e. The Hall–Kier alpha value is -3.01. The Bertz CT molecular complexity index is 997. The van der Waals surface area contributed by atoms with Crippen LogP contribution in [0.15, 0.2) is 77.5 Å². The second-order valence-corrected chi connectivity index (χ2v) is 7.46. The van der Waals surface area contributed by atoms with Crippen LogP contribution in [0.4, 0.5) is 10.2 Å². The van der Waals surface area contributed by atoms with Crippen molar-refractivity contribution in [1.82, 2.24) is 4.98 Å². The molecule has 0 radical (unpaired) electrons. The average molecular weight is 373 g/mol. The summed E-state index contributed by atoms with van der Waals surface area (Å²) in [6.45, 7) is 0. The van der Waals surface area contributed by atoms with Gasteiger partial charge in [0.25, 0.3) is 0 Å². The fraction of sp³-hybridized carbons (Fsp3) is 0.250. The number of halogens is 1. The molecule has 142 valence electrons. The Labute approximate surface area is 165 Å². The van der Waals surface area contributed by atoms with Gasteiger partial charge >= 0.3 is 0 Å². The van der Waals surface area contributed by atoms with Gasteiger partial charge in [-0.15, -0.1) is 0 Å². The Kier molecular flexibility index (Phi) is 4.95. The van der Waals surface area contributed by atoms with E-state index >= 15 is 0 Å². The molecule has 2 aromatic rings. The van der Waals surface area contributed by atoms with E-state index in [0.717, 1.165) is 34.7 Å². The van der Waals surface area contributed by atoms with Gasteiger partial charge in [-0.25, -0.2) is 9.37 Å². The minimum Gasteiger partial charge on any atom is -0.363 e. The summed E-state index contributed by atoms with van der Waals surface area (Å²) < 4.78 is 13.5. The summed E-state index contributed by atoms with van der Waals surface area (Å²) in [6.07, 6.45) is 11.7. The maximum atomic E-state index is 13.5. The summed E-state index contributed by atoms with van der Waals surface area (Å²) >= 11 is 0. The zero-order chi connectivity index (χ0) is 19.7. The van der Waals surface area contributed by atoms with Gasteiger partial charge in [0, 0.05) is 38.5 Å². The van der Waals surface area contributed by atoms with Crippen LogP contribution in [0.1, 0.15) is 17.5 Å². The van der Waals surface area contributed by atoms with Gasteiger partial charge in [-0.05, 0) is 65.8 Å². The molecule has 3 nitrogen and oxygen atoms in total. The average Bonchev–Trinajstić information content (AvgIpc) is 3.48. The number of anilines is 1. The van der Waals surface area contributed by atoms with Crippen molar-refractivity contribution >= 4 is 17.1 Å². The molecule has 0 bridgehead atoms. The molecule has 4 heteroatoms. The van der Waals surface area contributed by atoms with Crippen molar-refractivity contribution in [1.29, 1.82) is 0 Å². The molecule has 2 aliphatic rings. The van der Waals surface area contributed by atoms with Crippen molar-refractivity contribution in [3.63, 3.8) is 0 Å². The van der Waals surface area contributed by atoms with E-state index in [2.05, 4.69) is 40.3 Å². The fourth-order valence-electron chi connectivity index (χ4n) is 3.79. The first-order valence-corrected chi connectivity index (χ1v) is 9.54. The molecule has 0 aliphatic heterocycles. The molecule has 2 atom stereocenters. The first-order chi connectivity index (χ1) is 13.6. The monoisotopic (exact) mass is 373 g/mol. The topological polar surface area (TPSA) is 28.5 Å². The van der Waals surface area contributed by atoms with Crippen LogP contribution in [0.3, 0.4) is 0 Å². The molecule has 0 amide bonds. The van der Waals surface area contributed by atoms with E-state index in [1.54, 1.807) is 19.2 Å². The molecule has 1 aromatic heterocycles. The molecule has 1 fully saturated rings. The minimum atomic E-state index is -0.243. The molecule has 4 rings (SSSR count). The normalized spacial score (nSPS) is 22.5. The molecule has 28 heavy (non-hydrogen) atoms. The van der Waals surface area contributed by atoms with Gasteiger partial charge in [0.2, 0.25) is 0 Å². The molecular weight excluding hydrogens is 349 g/mol. The van der Waals surface area contributed by atoms with Crippen LogP contribution in [0.2, 0.25) is 0 Å². The van der Waals surface area contributed by atoms with Crippen LogP contribution in [0.25, 0.3) is 5.57 Å². The number of fused-ring (bicyclic) bond motifs is 1. The summed E-state index contributed by atoms with van der Waals surface area (Å²) in [5.41, 5.74) is 5.26. The van der Waals surface area contributed by atoms with Crippen molar-refractivity contribution in [3.05, 3.63) is 89.4 Å². The number of pyridine rings is 1. The predicted molar refractivity (Wildman–Crippen MR) is 114 cm³/mol. The summed E-state index contributed by atoms with van der Waals surface area (Å²) in [5, 5.41) is 0. The standard InChI is InChI=1S/C24H24FN3/c1-26-24(16-8-10-19(25)11-9-16)23(18-12-13-27-22(15-18)28(2)3)20-7-5-4-6-17-14-21(17)20/h4-13,15,17,21H,14H2,1-3H3/b23-20-,26-24?. The smallest absolute Gasteiger partial charge is 0.128 e. The molecule has 1 heterocycles. The van der Waals surface area contributed by atoms with Gasteiger partial charge in [-0.1, -0.05) is 24.3 Å². The second-order valence-electron chi connectivity index (χ2n) is 7.46. The SMILES string of the molecule is CN=C(/C(=C1/C=CC=CC2CC12)c1ccnc(N(C)C)c1)c1ccc(F)cc1. The van der Waals surface area contributed by atoms with Gasteiger partial charge in [0.05, 0.1) is 5.71 Å². The predicted octanol–water partition coefficient (Wildman–Crippen LogP) is 4.92. The van der Waals surface area contributed by atoms with E-state index in [9.17, 15) is 4.39 Å². The fourth-order valence-corrected chi connectivity index (χ4v) is 3.79. The quantitative estimate of drug-likeness (QED) is 0.712. The Balaban J connectivity index is 1.92. The molecule has 0 spiro atoms. The first-order valence-electron chi connectivity index (χ1n) is 9.54. The van der Waals surface area contributed by atoms with E-state index in [-0.39, 0.29) is 5.82 Å². The lowest BCUT2D eigenvalue weighted by Gasteiger charge is -2.18. The second kappa shape index (κ2) is 7.55. The summed E-state index contributed by atoms with van der Waals surface area (Å²) in [7, 11) is 5.77. The van der Waals surface area contributed by atoms with E-state index in [0.29, 0.717) is 11.8 Å². The Morgan fingerprint density at radius 3 is 2.61 bits per heavy atom. The Morgan fingerprint density at radius 1 is 1.11 bits per heavy atom. The van der Waals surface area contributed by atoms with Crippen molar-refractivity contribution in [2.24, 2.45) is 16.8 Å². The van der Waals surface area contributed by atoms with E-state index in [1.807, 2.05) is 31.3 Å². The van der Waals surface area contributed by atoms with Crippen molar-refractivity contribution in [2.45, 2.75) is 6.42 Å². The van der Waals surface area contributed by atoms with Crippen LogP contribution in [-0.4, -0.2) is 31.8 Å². The molecule has 0 N–H and O–H groups in total.